The SMILES string of the molecule is O=C(NC1CCN(C(=O)C2CCCO2)CC1)c1ccccc1F. The van der Waals surface area contributed by atoms with Crippen molar-refractivity contribution < 1.29 is 18.7 Å². The summed E-state index contributed by atoms with van der Waals surface area (Å²) in [5.74, 6) is -0.857. The minimum Gasteiger partial charge on any atom is -0.368 e. The largest absolute Gasteiger partial charge is 0.368 e. The Hall–Kier alpha value is -1.95. The van der Waals surface area contributed by atoms with Crippen LogP contribution in [-0.4, -0.2) is 48.6 Å². The Morgan fingerprint density at radius 3 is 2.57 bits per heavy atom. The van der Waals surface area contributed by atoms with Gasteiger partial charge in [-0.3, -0.25) is 9.59 Å². The Labute approximate surface area is 134 Å². The summed E-state index contributed by atoms with van der Waals surface area (Å²) in [6, 6.07) is 5.91. The zero-order chi connectivity index (χ0) is 16.2. The molecule has 2 amide bonds. The first-order valence-corrected chi connectivity index (χ1v) is 8.11. The van der Waals surface area contributed by atoms with Crippen molar-refractivity contribution in [2.24, 2.45) is 0 Å². The Morgan fingerprint density at radius 2 is 1.91 bits per heavy atom. The summed E-state index contributed by atoms with van der Waals surface area (Å²) in [5.41, 5.74) is 0.0605. The first-order chi connectivity index (χ1) is 11.1. The van der Waals surface area contributed by atoms with Gasteiger partial charge in [0, 0.05) is 25.7 Å². The highest BCUT2D eigenvalue weighted by molar-refractivity contribution is 5.94. The smallest absolute Gasteiger partial charge is 0.254 e. The number of hydrogen-bond acceptors (Lipinski definition) is 3. The number of nitrogens with zero attached hydrogens (tertiary/aromatic N) is 1. The summed E-state index contributed by atoms with van der Waals surface area (Å²) in [4.78, 5) is 26.2. The number of carbonyl (C=O) groups is 2. The average Bonchev–Trinajstić information content (AvgIpc) is 3.09. The lowest BCUT2D eigenvalue weighted by molar-refractivity contribution is -0.142. The molecule has 5 nitrogen and oxygen atoms in total. The van der Waals surface area contributed by atoms with E-state index in [1.165, 1.54) is 12.1 Å². The molecule has 1 aromatic rings. The van der Waals surface area contributed by atoms with Crippen LogP contribution in [0.3, 0.4) is 0 Å². The van der Waals surface area contributed by atoms with E-state index in [0.717, 1.165) is 12.8 Å². The normalized spacial score (nSPS) is 22.1. The van der Waals surface area contributed by atoms with Crippen molar-refractivity contribution in [3.63, 3.8) is 0 Å². The van der Waals surface area contributed by atoms with E-state index in [2.05, 4.69) is 5.32 Å². The quantitative estimate of drug-likeness (QED) is 0.923. The number of piperidine rings is 1. The van der Waals surface area contributed by atoms with Crippen molar-refractivity contribution in [2.45, 2.75) is 37.8 Å². The summed E-state index contributed by atoms with van der Waals surface area (Å²) < 4.78 is 19.0. The Morgan fingerprint density at radius 1 is 1.17 bits per heavy atom. The minimum atomic E-state index is -0.518. The molecule has 0 bridgehead atoms. The van der Waals surface area contributed by atoms with Crippen LogP contribution in [0.15, 0.2) is 24.3 Å². The highest BCUT2D eigenvalue weighted by Crippen LogP contribution is 2.18. The summed E-state index contributed by atoms with van der Waals surface area (Å²) in [6.45, 7) is 1.85. The molecule has 0 aromatic heterocycles. The molecule has 2 heterocycles. The van der Waals surface area contributed by atoms with Crippen LogP contribution in [0.4, 0.5) is 4.39 Å². The summed E-state index contributed by atoms with van der Waals surface area (Å²) >= 11 is 0. The van der Waals surface area contributed by atoms with E-state index in [1.807, 2.05) is 4.90 Å². The summed E-state index contributed by atoms with van der Waals surface area (Å²) in [7, 11) is 0. The number of rotatable bonds is 3. The lowest BCUT2D eigenvalue weighted by Gasteiger charge is -2.33. The second kappa shape index (κ2) is 7.08. The van der Waals surface area contributed by atoms with Crippen molar-refractivity contribution in [1.29, 1.82) is 0 Å². The second-order valence-electron chi connectivity index (χ2n) is 6.05. The number of ether oxygens (including phenoxy) is 1. The zero-order valence-corrected chi connectivity index (χ0v) is 13.0. The van der Waals surface area contributed by atoms with Gasteiger partial charge in [0.2, 0.25) is 0 Å². The van der Waals surface area contributed by atoms with E-state index in [0.29, 0.717) is 32.5 Å². The van der Waals surface area contributed by atoms with Gasteiger partial charge in [-0.2, -0.15) is 0 Å². The van der Waals surface area contributed by atoms with Crippen LogP contribution in [0.2, 0.25) is 0 Å². The third-order valence-corrected chi connectivity index (χ3v) is 4.47. The van der Waals surface area contributed by atoms with Crippen LogP contribution in [0.1, 0.15) is 36.0 Å². The molecule has 1 aromatic carbocycles. The number of likely N-dealkylation sites (tertiary alicyclic amines) is 1. The van der Waals surface area contributed by atoms with Gasteiger partial charge in [-0.05, 0) is 37.8 Å². The number of hydrogen-bond donors (Lipinski definition) is 1. The molecule has 23 heavy (non-hydrogen) atoms. The topological polar surface area (TPSA) is 58.6 Å². The van der Waals surface area contributed by atoms with E-state index in [4.69, 9.17) is 4.74 Å². The number of carbonyl (C=O) groups excluding carboxylic acids is 2. The summed E-state index contributed by atoms with van der Waals surface area (Å²) in [6.07, 6.45) is 2.80. The third-order valence-electron chi connectivity index (χ3n) is 4.47. The van der Waals surface area contributed by atoms with Crippen molar-refractivity contribution in [2.75, 3.05) is 19.7 Å². The van der Waals surface area contributed by atoms with Crippen molar-refractivity contribution in [3.8, 4) is 0 Å². The fraction of sp³-hybridized carbons (Fsp3) is 0.529. The van der Waals surface area contributed by atoms with Gasteiger partial charge in [-0.15, -0.1) is 0 Å². The first-order valence-electron chi connectivity index (χ1n) is 8.11. The van der Waals surface area contributed by atoms with Crippen LogP contribution in [0.5, 0.6) is 0 Å². The maximum atomic E-state index is 13.6. The van der Waals surface area contributed by atoms with Crippen LogP contribution < -0.4 is 5.32 Å². The molecule has 3 rings (SSSR count). The van der Waals surface area contributed by atoms with Gasteiger partial charge in [-0.1, -0.05) is 12.1 Å². The van der Waals surface area contributed by atoms with E-state index in [-0.39, 0.29) is 23.6 Å². The predicted molar refractivity (Wildman–Crippen MR) is 82.4 cm³/mol. The van der Waals surface area contributed by atoms with E-state index >= 15 is 0 Å². The first kappa shape index (κ1) is 15.9. The zero-order valence-electron chi connectivity index (χ0n) is 13.0. The van der Waals surface area contributed by atoms with Gasteiger partial charge in [0.25, 0.3) is 11.8 Å². The fourth-order valence-electron chi connectivity index (χ4n) is 3.13. The van der Waals surface area contributed by atoms with E-state index in [1.54, 1.807) is 12.1 Å². The molecule has 2 fully saturated rings. The average molecular weight is 320 g/mol. The summed E-state index contributed by atoms with van der Waals surface area (Å²) in [5, 5.41) is 2.86. The van der Waals surface area contributed by atoms with Crippen LogP contribution in [0, 0.1) is 5.82 Å². The maximum Gasteiger partial charge on any atom is 0.254 e. The number of halogens is 1. The Bertz CT molecular complexity index is 579. The molecule has 2 aliphatic rings. The van der Waals surface area contributed by atoms with Crippen LogP contribution in [0.25, 0.3) is 0 Å². The highest BCUT2D eigenvalue weighted by Gasteiger charge is 2.31. The van der Waals surface area contributed by atoms with Gasteiger partial charge in [0.1, 0.15) is 11.9 Å². The monoisotopic (exact) mass is 320 g/mol. The number of nitrogens with one attached hydrogen (secondary N) is 1. The highest BCUT2D eigenvalue weighted by atomic mass is 19.1. The number of benzene rings is 1. The van der Waals surface area contributed by atoms with Crippen molar-refractivity contribution in [1.82, 2.24) is 10.2 Å². The van der Waals surface area contributed by atoms with Gasteiger partial charge >= 0.3 is 0 Å². The molecular weight excluding hydrogens is 299 g/mol. The van der Waals surface area contributed by atoms with E-state index in [9.17, 15) is 14.0 Å². The second-order valence-corrected chi connectivity index (χ2v) is 6.05. The Kier molecular flexibility index (Phi) is 4.91. The predicted octanol–water partition coefficient (Wildman–Crippen LogP) is 1.73. The molecule has 1 unspecified atom stereocenters. The molecule has 124 valence electrons. The van der Waals surface area contributed by atoms with Gasteiger partial charge in [0.05, 0.1) is 5.56 Å². The van der Waals surface area contributed by atoms with Crippen molar-refractivity contribution in [3.05, 3.63) is 35.6 Å². The number of amides is 2. The van der Waals surface area contributed by atoms with E-state index < -0.39 is 11.7 Å². The molecule has 1 atom stereocenters. The lowest BCUT2D eigenvalue weighted by atomic mass is 10.0. The maximum absolute atomic E-state index is 13.6. The molecule has 0 saturated carbocycles. The molecule has 6 heteroatoms. The fourth-order valence-corrected chi connectivity index (χ4v) is 3.13. The standard InChI is InChI=1S/C17H21FN2O3/c18-14-5-2-1-4-13(14)16(21)19-12-7-9-20(10-8-12)17(22)15-6-3-11-23-15/h1-2,4-5,12,15H,3,6-11H2,(H,19,21). The van der Waals surface area contributed by atoms with Gasteiger partial charge < -0.3 is 15.0 Å². The molecule has 0 radical (unpaired) electrons. The van der Waals surface area contributed by atoms with Gasteiger partial charge in [0.15, 0.2) is 0 Å². The van der Waals surface area contributed by atoms with Crippen LogP contribution in [-0.2, 0) is 9.53 Å². The minimum absolute atomic E-state index is 0.0318. The molecule has 2 aliphatic heterocycles. The Balaban J connectivity index is 1.50. The molecule has 1 N–H and O–H groups in total. The van der Waals surface area contributed by atoms with Crippen LogP contribution >= 0.6 is 0 Å². The molecule has 0 aliphatic carbocycles. The third kappa shape index (κ3) is 3.69. The molecule has 2 saturated heterocycles. The lowest BCUT2D eigenvalue weighted by Crippen LogP contribution is -2.49. The molecular formula is C17H21FN2O3. The van der Waals surface area contributed by atoms with Gasteiger partial charge in [-0.25, -0.2) is 4.39 Å². The van der Waals surface area contributed by atoms with Crippen molar-refractivity contribution >= 4 is 11.8 Å². The molecule has 0 spiro atoms.